The first-order valence-electron chi connectivity index (χ1n) is 11.3. The molecule has 3 amide bonds. The van der Waals surface area contributed by atoms with Crippen LogP contribution < -0.4 is 14.5 Å². The van der Waals surface area contributed by atoms with Crippen LogP contribution in [0.1, 0.15) is 24.5 Å². The monoisotopic (exact) mass is 477 g/mol. The van der Waals surface area contributed by atoms with E-state index >= 15 is 0 Å². The average Bonchev–Trinajstić information content (AvgIpc) is 2.85. The standard InChI is InChI=1S/C26H27N3O4S/c1-2-20-14-16-22(17-15-20)29-26(31)28(23-12-6-7-13-24(23)34(29,32)33)19-25(30)27-18-8-11-21-9-4-3-5-10-21/h3-7,9-10,12-17H,2,8,11,18-19H2,1H3,(H,27,30). The lowest BCUT2D eigenvalue weighted by Crippen LogP contribution is -2.53. The zero-order valence-electron chi connectivity index (χ0n) is 19.0. The van der Waals surface area contributed by atoms with Gasteiger partial charge in [-0.25, -0.2) is 13.2 Å². The molecule has 176 valence electrons. The van der Waals surface area contributed by atoms with Gasteiger partial charge in [-0.05, 0) is 54.7 Å². The summed E-state index contributed by atoms with van der Waals surface area (Å²) in [5.74, 6) is -0.350. The number of hydrogen-bond acceptors (Lipinski definition) is 4. The summed E-state index contributed by atoms with van der Waals surface area (Å²) in [5.41, 5.74) is 2.66. The highest BCUT2D eigenvalue weighted by Crippen LogP contribution is 2.37. The van der Waals surface area contributed by atoms with E-state index in [0.29, 0.717) is 6.54 Å². The molecule has 7 nitrogen and oxygen atoms in total. The minimum Gasteiger partial charge on any atom is -0.355 e. The maximum atomic E-state index is 13.4. The number of anilines is 2. The summed E-state index contributed by atoms with van der Waals surface area (Å²) < 4.78 is 27.4. The van der Waals surface area contributed by atoms with Crippen molar-refractivity contribution in [3.8, 4) is 0 Å². The number of carbonyl (C=O) groups is 2. The van der Waals surface area contributed by atoms with E-state index in [1.165, 1.54) is 16.5 Å². The van der Waals surface area contributed by atoms with Gasteiger partial charge in [0.05, 0.1) is 11.4 Å². The molecular weight excluding hydrogens is 450 g/mol. The minimum absolute atomic E-state index is 0.00829. The van der Waals surface area contributed by atoms with Crippen molar-refractivity contribution in [3.05, 3.63) is 90.0 Å². The Balaban J connectivity index is 1.52. The SMILES string of the molecule is CCc1ccc(N2C(=O)N(CC(=O)NCCCc3ccccc3)c3ccccc3S2(=O)=O)cc1. The molecule has 34 heavy (non-hydrogen) atoms. The lowest BCUT2D eigenvalue weighted by molar-refractivity contribution is -0.119. The fourth-order valence-corrected chi connectivity index (χ4v) is 5.54. The average molecular weight is 478 g/mol. The smallest absolute Gasteiger partial charge is 0.343 e. The van der Waals surface area contributed by atoms with Crippen molar-refractivity contribution in [2.45, 2.75) is 31.1 Å². The van der Waals surface area contributed by atoms with Crippen LogP contribution in [0.2, 0.25) is 0 Å². The van der Waals surface area contributed by atoms with Crippen LogP contribution in [0.15, 0.2) is 83.8 Å². The van der Waals surface area contributed by atoms with Crippen LogP contribution in [0.3, 0.4) is 0 Å². The fourth-order valence-electron chi connectivity index (χ4n) is 3.95. The molecule has 8 heteroatoms. The second kappa shape index (κ2) is 10.1. The second-order valence-electron chi connectivity index (χ2n) is 8.06. The first-order valence-corrected chi connectivity index (χ1v) is 12.7. The zero-order chi connectivity index (χ0) is 24.1. The number of fused-ring (bicyclic) bond motifs is 1. The number of nitrogens with zero attached hydrogens (tertiary/aromatic N) is 2. The summed E-state index contributed by atoms with van der Waals surface area (Å²) >= 11 is 0. The van der Waals surface area contributed by atoms with Gasteiger partial charge < -0.3 is 5.32 Å². The molecule has 3 aromatic rings. The van der Waals surface area contributed by atoms with Gasteiger partial charge in [0.2, 0.25) is 5.91 Å². The third kappa shape index (κ3) is 4.82. The van der Waals surface area contributed by atoms with E-state index in [0.717, 1.165) is 29.1 Å². The largest absolute Gasteiger partial charge is 0.355 e. The number of aryl methyl sites for hydroxylation is 2. The van der Waals surface area contributed by atoms with Gasteiger partial charge in [0.15, 0.2) is 0 Å². The molecular formula is C26H27N3O4S. The summed E-state index contributed by atoms with van der Waals surface area (Å²) in [6.45, 7) is 2.17. The fraction of sp³-hybridized carbons (Fsp3) is 0.231. The molecule has 0 atom stereocenters. The predicted molar refractivity (Wildman–Crippen MR) is 132 cm³/mol. The Labute approximate surface area is 200 Å². The highest BCUT2D eigenvalue weighted by atomic mass is 32.2. The number of hydrogen-bond donors (Lipinski definition) is 1. The van der Waals surface area contributed by atoms with Crippen molar-refractivity contribution in [1.29, 1.82) is 0 Å². The Morgan fingerprint density at radius 3 is 2.26 bits per heavy atom. The zero-order valence-corrected chi connectivity index (χ0v) is 19.8. The van der Waals surface area contributed by atoms with E-state index in [1.54, 1.807) is 42.5 Å². The summed E-state index contributed by atoms with van der Waals surface area (Å²) in [5, 5.41) is 2.84. The first kappa shape index (κ1) is 23.5. The van der Waals surface area contributed by atoms with Crippen LogP contribution in [-0.4, -0.2) is 33.4 Å². The summed E-state index contributed by atoms with van der Waals surface area (Å²) in [6.07, 6.45) is 2.37. The van der Waals surface area contributed by atoms with Gasteiger partial charge in [0.25, 0.3) is 10.0 Å². The van der Waals surface area contributed by atoms with Gasteiger partial charge in [-0.3, -0.25) is 9.69 Å². The number of amides is 3. The Morgan fingerprint density at radius 1 is 0.882 bits per heavy atom. The molecule has 0 aliphatic carbocycles. The highest BCUT2D eigenvalue weighted by Gasteiger charge is 2.42. The van der Waals surface area contributed by atoms with Crippen LogP contribution >= 0.6 is 0 Å². The van der Waals surface area contributed by atoms with E-state index in [9.17, 15) is 18.0 Å². The van der Waals surface area contributed by atoms with E-state index in [4.69, 9.17) is 0 Å². The molecule has 0 saturated heterocycles. The van der Waals surface area contributed by atoms with Gasteiger partial charge >= 0.3 is 6.03 Å². The number of para-hydroxylation sites is 1. The van der Waals surface area contributed by atoms with Gasteiger partial charge in [-0.15, -0.1) is 0 Å². The number of urea groups is 1. The molecule has 0 radical (unpaired) electrons. The van der Waals surface area contributed by atoms with E-state index in [2.05, 4.69) is 5.32 Å². The molecule has 0 spiro atoms. The summed E-state index contributed by atoms with van der Waals surface area (Å²) in [4.78, 5) is 27.3. The second-order valence-corrected chi connectivity index (χ2v) is 9.82. The predicted octanol–water partition coefficient (Wildman–Crippen LogP) is 4.13. The van der Waals surface area contributed by atoms with Gasteiger partial charge in [-0.1, -0.05) is 61.5 Å². The molecule has 1 aliphatic rings. The minimum atomic E-state index is -4.11. The highest BCUT2D eigenvalue weighted by molar-refractivity contribution is 7.94. The molecule has 0 fully saturated rings. The maximum Gasteiger partial charge on any atom is 0.343 e. The number of rotatable bonds is 8. The van der Waals surface area contributed by atoms with E-state index in [1.807, 2.05) is 37.3 Å². The molecule has 0 saturated carbocycles. The van der Waals surface area contributed by atoms with Crippen molar-refractivity contribution in [2.24, 2.45) is 0 Å². The van der Waals surface area contributed by atoms with Gasteiger partial charge in [0.1, 0.15) is 11.4 Å². The van der Waals surface area contributed by atoms with Crippen LogP contribution in [0.4, 0.5) is 16.2 Å². The van der Waals surface area contributed by atoms with Crippen molar-refractivity contribution in [3.63, 3.8) is 0 Å². The first-order chi connectivity index (χ1) is 16.4. The summed E-state index contributed by atoms with van der Waals surface area (Å²) in [7, 11) is -4.11. The number of carbonyl (C=O) groups excluding carboxylic acids is 2. The topological polar surface area (TPSA) is 86.8 Å². The van der Waals surface area contributed by atoms with E-state index in [-0.39, 0.29) is 28.7 Å². The Kier molecular flexibility index (Phi) is 6.98. The molecule has 3 aromatic carbocycles. The molecule has 4 rings (SSSR count). The normalized spacial score (nSPS) is 14.6. The molecule has 1 N–H and O–H groups in total. The lowest BCUT2D eigenvalue weighted by Gasteiger charge is -2.35. The number of sulfonamides is 1. The van der Waals surface area contributed by atoms with Crippen LogP contribution in [0, 0.1) is 0 Å². The third-order valence-corrected chi connectivity index (χ3v) is 7.52. The van der Waals surface area contributed by atoms with Gasteiger partial charge in [-0.2, -0.15) is 4.31 Å². The van der Waals surface area contributed by atoms with E-state index < -0.39 is 16.1 Å². The third-order valence-electron chi connectivity index (χ3n) is 5.77. The number of benzene rings is 3. The maximum absolute atomic E-state index is 13.4. The quantitative estimate of drug-likeness (QED) is 0.494. The Bertz CT molecular complexity index is 1270. The van der Waals surface area contributed by atoms with Crippen molar-refractivity contribution in [2.75, 3.05) is 22.3 Å². The molecule has 0 aromatic heterocycles. The van der Waals surface area contributed by atoms with Crippen molar-refractivity contribution >= 4 is 33.3 Å². The molecule has 1 aliphatic heterocycles. The molecule has 0 bridgehead atoms. The van der Waals surface area contributed by atoms with Gasteiger partial charge in [0, 0.05) is 6.54 Å². The Hall–Kier alpha value is -3.65. The van der Waals surface area contributed by atoms with Crippen LogP contribution in [0.25, 0.3) is 0 Å². The Morgan fingerprint density at radius 2 is 1.56 bits per heavy atom. The lowest BCUT2D eigenvalue weighted by atomic mass is 10.1. The summed E-state index contributed by atoms with van der Waals surface area (Å²) in [6, 6.07) is 22.3. The van der Waals surface area contributed by atoms with Crippen LogP contribution in [0.5, 0.6) is 0 Å². The van der Waals surface area contributed by atoms with Crippen LogP contribution in [-0.2, 0) is 27.7 Å². The number of nitrogens with one attached hydrogen (secondary N) is 1. The van der Waals surface area contributed by atoms with Crippen molar-refractivity contribution in [1.82, 2.24) is 5.32 Å². The molecule has 0 unspecified atom stereocenters. The van der Waals surface area contributed by atoms with Crippen molar-refractivity contribution < 1.29 is 18.0 Å². The molecule has 1 heterocycles.